The number of carbonyl (C=O) groups is 1. The summed E-state index contributed by atoms with van der Waals surface area (Å²) in [5.41, 5.74) is 0.957. The Bertz CT molecular complexity index is 667. The van der Waals surface area contributed by atoms with Crippen LogP contribution in [0.3, 0.4) is 0 Å². The van der Waals surface area contributed by atoms with Crippen molar-refractivity contribution >= 4 is 12.0 Å². The summed E-state index contributed by atoms with van der Waals surface area (Å²) in [5, 5.41) is 0. The van der Waals surface area contributed by atoms with Gasteiger partial charge in [-0.2, -0.15) is 0 Å². The molecule has 2 aliphatic carbocycles. The number of amides is 1. The first-order valence-electron chi connectivity index (χ1n) is 11.4. The zero-order valence-corrected chi connectivity index (χ0v) is 18.4. The molecule has 2 saturated carbocycles. The normalized spacial score (nSPS) is 18.9. The van der Waals surface area contributed by atoms with E-state index in [0.29, 0.717) is 17.8 Å². The number of carbonyl (C=O) groups excluding carboxylic acids is 1. The van der Waals surface area contributed by atoms with E-state index in [-0.39, 0.29) is 12.0 Å². The van der Waals surface area contributed by atoms with Crippen molar-refractivity contribution in [3.63, 3.8) is 0 Å². The molecule has 0 bridgehead atoms. The topological polar surface area (TPSA) is 38.8 Å². The number of nitrogens with zero attached hydrogens (tertiary/aromatic N) is 1. The van der Waals surface area contributed by atoms with Gasteiger partial charge < -0.3 is 14.4 Å². The van der Waals surface area contributed by atoms with Crippen LogP contribution in [0, 0.1) is 0 Å². The van der Waals surface area contributed by atoms with Crippen LogP contribution in [-0.4, -0.2) is 36.1 Å². The first-order chi connectivity index (χ1) is 14.1. The zero-order chi connectivity index (χ0) is 20.6. The predicted octanol–water partition coefficient (Wildman–Crippen LogP) is 5.99. The van der Waals surface area contributed by atoms with Gasteiger partial charge in [-0.1, -0.05) is 44.6 Å². The number of methoxy groups -OCH3 is 1. The van der Waals surface area contributed by atoms with E-state index in [1.54, 1.807) is 13.2 Å². The molecule has 29 heavy (non-hydrogen) atoms. The summed E-state index contributed by atoms with van der Waals surface area (Å²) < 4.78 is 11.3. The van der Waals surface area contributed by atoms with E-state index < -0.39 is 0 Å². The molecule has 1 amide bonds. The minimum Gasteiger partial charge on any atom is -0.493 e. The van der Waals surface area contributed by atoms with Crippen LogP contribution in [0.1, 0.15) is 83.6 Å². The van der Waals surface area contributed by atoms with Crippen molar-refractivity contribution in [2.24, 2.45) is 0 Å². The van der Waals surface area contributed by atoms with Gasteiger partial charge in [0.15, 0.2) is 11.5 Å². The van der Waals surface area contributed by atoms with Crippen LogP contribution in [0.25, 0.3) is 6.08 Å². The fourth-order valence-electron chi connectivity index (χ4n) is 4.77. The second-order valence-corrected chi connectivity index (χ2v) is 8.74. The van der Waals surface area contributed by atoms with Crippen molar-refractivity contribution in [1.29, 1.82) is 0 Å². The van der Waals surface area contributed by atoms with Gasteiger partial charge in [0.25, 0.3) is 0 Å². The number of hydrogen-bond acceptors (Lipinski definition) is 3. The second kappa shape index (κ2) is 10.7. The lowest BCUT2D eigenvalue weighted by atomic mass is 9.88. The molecule has 4 nitrogen and oxygen atoms in total. The smallest absolute Gasteiger partial charge is 0.247 e. The van der Waals surface area contributed by atoms with Crippen molar-refractivity contribution in [1.82, 2.24) is 4.90 Å². The summed E-state index contributed by atoms with van der Waals surface area (Å²) in [6, 6.07) is 6.67. The molecule has 0 radical (unpaired) electrons. The van der Waals surface area contributed by atoms with E-state index in [0.717, 1.165) is 37.0 Å². The summed E-state index contributed by atoms with van der Waals surface area (Å²) >= 11 is 0. The minimum absolute atomic E-state index is 0.0893. The first-order valence-corrected chi connectivity index (χ1v) is 11.4. The van der Waals surface area contributed by atoms with E-state index in [1.165, 1.54) is 38.5 Å². The highest BCUT2D eigenvalue weighted by Gasteiger charge is 2.31. The van der Waals surface area contributed by atoms with E-state index >= 15 is 0 Å². The summed E-state index contributed by atoms with van der Waals surface area (Å²) in [7, 11) is 1.65. The first kappa shape index (κ1) is 21.7. The van der Waals surface area contributed by atoms with Crippen LogP contribution >= 0.6 is 0 Å². The van der Waals surface area contributed by atoms with Crippen LogP contribution in [0.15, 0.2) is 24.3 Å². The molecule has 4 heteroatoms. The average Bonchev–Trinajstić information content (AvgIpc) is 2.74. The molecular formula is C25H37NO3. The molecule has 3 rings (SSSR count). The molecule has 0 aromatic heterocycles. The number of rotatable bonds is 7. The molecule has 1 aromatic rings. The molecule has 0 saturated heterocycles. The Kier molecular flexibility index (Phi) is 8.02. The fourth-order valence-corrected chi connectivity index (χ4v) is 4.77. The standard InChI is InChI=1S/C25H37NO3/c1-19(2)29-23-16-14-20(18-24(23)28-3)15-17-25(27)26(21-10-6-4-7-11-21)22-12-8-5-9-13-22/h14-19,21-22H,4-13H2,1-3H3/b17-15+. The lowest BCUT2D eigenvalue weighted by molar-refractivity contribution is -0.132. The Morgan fingerprint density at radius 1 is 0.966 bits per heavy atom. The van der Waals surface area contributed by atoms with Crippen LogP contribution < -0.4 is 9.47 Å². The summed E-state index contributed by atoms with van der Waals surface area (Å²) in [6.07, 6.45) is 16.0. The van der Waals surface area contributed by atoms with Crippen molar-refractivity contribution in [3.8, 4) is 11.5 Å². The van der Waals surface area contributed by atoms with E-state index in [4.69, 9.17) is 9.47 Å². The molecule has 0 N–H and O–H groups in total. The molecule has 0 spiro atoms. The van der Waals surface area contributed by atoms with Gasteiger partial charge in [0.05, 0.1) is 13.2 Å². The van der Waals surface area contributed by atoms with Crippen molar-refractivity contribution in [2.45, 2.75) is 96.2 Å². The third kappa shape index (κ3) is 6.01. The van der Waals surface area contributed by atoms with Crippen LogP contribution in [0.4, 0.5) is 0 Å². The predicted molar refractivity (Wildman–Crippen MR) is 118 cm³/mol. The molecule has 0 unspecified atom stereocenters. The molecule has 2 aliphatic rings. The monoisotopic (exact) mass is 399 g/mol. The second-order valence-electron chi connectivity index (χ2n) is 8.74. The molecule has 2 fully saturated rings. The maximum atomic E-state index is 13.3. The van der Waals surface area contributed by atoms with Gasteiger partial charge in [0, 0.05) is 18.2 Å². The maximum Gasteiger partial charge on any atom is 0.247 e. The van der Waals surface area contributed by atoms with Crippen molar-refractivity contribution in [3.05, 3.63) is 29.8 Å². The number of benzene rings is 1. The van der Waals surface area contributed by atoms with Gasteiger partial charge in [0.1, 0.15) is 0 Å². The van der Waals surface area contributed by atoms with Crippen molar-refractivity contribution < 1.29 is 14.3 Å². The van der Waals surface area contributed by atoms with Crippen LogP contribution in [-0.2, 0) is 4.79 Å². The number of ether oxygens (including phenoxy) is 2. The lowest BCUT2D eigenvalue weighted by Gasteiger charge is -2.41. The van der Waals surface area contributed by atoms with Crippen molar-refractivity contribution in [2.75, 3.05) is 7.11 Å². The number of hydrogen-bond donors (Lipinski definition) is 0. The minimum atomic E-state index is 0.0893. The Balaban J connectivity index is 1.74. The Labute approximate surface area is 176 Å². The Morgan fingerprint density at radius 3 is 2.07 bits per heavy atom. The largest absolute Gasteiger partial charge is 0.493 e. The molecule has 0 heterocycles. The third-order valence-corrected chi connectivity index (χ3v) is 6.16. The van der Waals surface area contributed by atoms with Crippen LogP contribution in [0.2, 0.25) is 0 Å². The van der Waals surface area contributed by atoms with E-state index in [1.807, 2.05) is 38.1 Å². The Hall–Kier alpha value is -1.97. The van der Waals surface area contributed by atoms with Gasteiger partial charge in [-0.25, -0.2) is 0 Å². The van der Waals surface area contributed by atoms with Gasteiger partial charge in [-0.3, -0.25) is 4.79 Å². The molecule has 0 atom stereocenters. The van der Waals surface area contributed by atoms with Gasteiger partial charge >= 0.3 is 0 Å². The van der Waals surface area contributed by atoms with E-state index in [9.17, 15) is 4.79 Å². The molecule has 1 aromatic carbocycles. The highest BCUT2D eigenvalue weighted by Crippen LogP contribution is 2.32. The average molecular weight is 400 g/mol. The van der Waals surface area contributed by atoms with E-state index in [2.05, 4.69) is 4.90 Å². The van der Waals surface area contributed by atoms with Gasteiger partial charge in [-0.15, -0.1) is 0 Å². The maximum absolute atomic E-state index is 13.3. The third-order valence-electron chi connectivity index (χ3n) is 6.16. The SMILES string of the molecule is COc1cc(/C=C/C(=O)N(C2CCCCC2)C2CCCCC2)ccc1OC(C)C. The quantitative estimate of drug-likeness (QED) is 0.529. The molecular weight excluding hydrogens is 362 g/mol. The zero-order valence-electron chi connectivity index (χ0n) is 18.4. The summed E-state index contributed by atoms with van der Waals surface area (Å²) in [6.45, 7) is 3.99. The fraction of sp³-hybridized carbons (Fsp3) is 0.640. The summed E-state index contributed by atoms with van der Waals surface area (Å²) in [5.74, 6) is 1.60. The van der Waals surface area contributed by atoms with Gasteiger partial charge in [-0.05, 0) is 63.3 Å². The Morgan fingerprint density at radius 2 is 1.55 bits per heavy atom. The molecule has 0 aliphatic heterocycles. The highest BCUT2D eigenvalue weighted by molar-refractivity contribution is 5.92. The van der Waals surface area contributed by atoms with Gasteiger partial charge in [0.2, 0.25) is 5.91 Å². The molecule has 160 valence electrons. The van der Waals surface area contributed by atoms with Crippen LogP contribution in [0.5, 0.6) is 11.5 Å². The summed E-state index contributed by atoms with van der Waals surface area (Å²) in [4.78, 5) is 15.5. The lowest BCUT2D eigenvalue weighted by Crippen LogP contribution is -2.48. The highest BCUT2D eigenvalue weighted by atomic mass is 16.5.